The molecule has 0 spiro atoms. The second kappa shape index (κ2) is 10.2. The van der Waals surface area contributed by atoms with Crippen LogP contribution in [0.2, 0.25) is 0 Å². The monoisotopic (exact) mass is 423 g/mol. The summed E-state index contributed by atoms with van der Waals surface area (Å²) < 4.78 is 0. The van der Waals surface area contributed by atoms with Crippen molar-refractivity contribution in [2.75, 3.05) is 19.6 Å². The van der Waals surface area contributed by atoms with Gasteiger partial charge in [0.15, 0.2) is 0 Å². The molecule has 1 N–H and O–H groups in total. The van der Waals surface area contributed by atoms with Crippen LogP contribution in [0, 0.1) is 18.8 Å². The Kier molecular flexibility index (Phi) is 7.39. The molecule has 0 radical (unpaired) electrons. The van der Waals surface area contributed by atoms with Crippen LogP contribution in [0.4, 0.5) is 0 Å². The summed E-state index contributed by atoms with van der Waals surface area (Å²) in [5.41, 5.74) is 3.52. The van der Waals surface area contributed by atoms with Gasteiger partial charge in [-0.25, -0.2) is 0 Å². The standard InChI is InChI=1S/C23H27N3O2.CH2O2/c1-16-6-3-4-8-20(16)23-21-15-25(13-19(21)14-26(23)17(2)27)22(28)10-9-18-7-5-11-24-12-18;2-1-3/h3-8,11-12,19,21,23H,9-10,13-15H2,1-2H3;1H,(H,2,3)/t19-,21-,23+;/m1./s1. The third-order valence-electron chi connectivity index (χ3n) is 6.28. The van der Waals surface area contributed by atoms with E-state index in [9.17, 15) is 9.59 Å². The van der Waals surface area contributed by atoms with Crippen LogP contribution in [0.1, 0.15) is 36.1 Å². The molecule has 3 heterocycles. The number of aryl methyl sites for hydroxylation is 2. The second-order valence-corrected chi connectivity index (χ2v) is 8.16. The molecular formula is C24H29N3O4. The van der Waals surface area contributed by atoms with Gasteiger partial charge < -0.3 is 14.9 Å². The molecule has 4 rings (SSSR count). The molecule has 2 aromatic rings. The molecule has 0 bridgehead atoms. The Labute approximate surface area is 182 Å². The number of nitrogens with zero attached hydrogens (tertiary/aromatic N) is 3. The molecule has 2 aliphatic rings. The Morgan fingerprint density at radius 3 is 2.55 bits per heavy atom. The van der Waals surface area contributed by atoms with Gasteiger partial charge in [0, 0.05) is 57.2 Å². The number of likely N-dealkylation sites (tertiary alicyclic amines) is 2. The first kappa shape index (κ1) is 22.5. The molecule has 7 heteroatoms. The molecule has 0 aliphatic carbocycles. The first-order valence-corrected chi connectivity index (χ1v) is 10.5. The van der Waals surface area contributed by atoms with Crippen LogP contribution in [-0.2, 0) is 20.8 Å². The Hall–Kier alpha value is -3.22. The number of rotatable bonds is 4. The molecule has 2 saturated heterocycles. The number of aromatic nitrogens is 1. The fourth-order valence-corrected chi connectivity index (χ4v) is 4.85. The van der Waals surface area contributed by atoms with Gasteiger partial charge in [-0.05, 0) is 36.1 Å². The Morgan fingerprint density at radius 2 is 1.90 bits per heavy atom. The SMILES string of the molecule is CC(=O)N1C[C@H]2CN(C(=O)CCc3cccnc3)C[C@H]2[C@@H]1c1ccccc1C.O=CO. The molecule has 1 aromatic heterocycles. The minimum atomic E-state index is -0.250. The average molecular weight is 424 g/mol. The zero-order chi connectivity index (χ0) is 22.4. The summed E-state index contributed by atoms with van der Waals surface area (Å²) in [6.45, 7) is 5.74. The van der Waals surface area contributed by atoms with Gasteiger partial charge >= 0.3 is 0 Å². The Bertz CT molecular complexity index is 918. The number of benzene rings is 1. The molecule has 0 unspecified atom stereocenters. The molecule has 31 heavy (non-hydrogen) atoms. The van der Waals surface area contributed by atoms with E-state index in [1.807, 2.05) is 40.3 Å². The number of pyridine rings is 1. The van der Waals surface area contributed by atoms with Crippen molar-refractivity contribution in [1.29, 1.82) is 0 Å². The molecule has 0 saturated carbocycles. The number of amides is 2. The van der Waals surface area contributed by atoms with Crippen molar-refractivity contribution in [3.63, 3.8) is 0 Å². The molecule has 2 amide bonds. The fourth-order valence-electron chi connectivity index (χ4n) is 4.85. The maximum absolute atomic E-state index is 12.8. The van der Waals surface area contributed by atoms with Crippen LogP contribution in [-0.4, -0.2) is 57.8 Å². The van der Waals surface area contributed by atoms with Crippen LogP contribution in [0.25, 0.3) is 0 Å². The lowest BCUT2D eigenvalue weighted by Crippen LogP contribution is -2.36. The van der Waals surface area contributed by atoms with Crippen molar-refractivity contribution in [3.8, 4) is 0 Å². The lowest BCUT2D eigenvalue weighted by atomic mass is 9.87. The molecule has 7 nitrogen and oxygen atoms in total. The average Bonchev–Trinajstić information content (AvgIpc) is 3.32. The van der Waals surface area contributed by atoms with Crippen molar-refractivity contribution in [2.45, 2.75) is 32.7 Å². The van der Waals surface area contributed by atoms with E-state index in [-0.39, 0.29) is 24.3 Å². The zero-order valence-corrected chi connectivity index (χ0v) is 18.0. The minimum absolute atomic E-state index is 0.0693. The van der Waals surface area contributed by atoms with Gasteiger partial charge in [-0.2, -0.15) is 0 Å². The van der Waals surface area contributed by atoms with E-state index in [1.54, 1.807) is 13.1 Å². The summed E-state index contributed by atoms with van der Waals surface area (Å²) in [4.78, 5) is 41.6. The minimum Gasteiger partial charge on any atom is -0.483 e. The first-order valence-electron chi connectivity index (χ1n) is 10.5. The summed E-state index contributed by atoms with van der Waals surface area (Å²) in [7, 11) is 0. The van der Waals surface area contributed by atoms with E-state index < -0.39 is 0 Å². The van der Waals surface area contributed by atoms with E-state index in [0.29, 0.717) is 18.3 Å². The predicted molar refractivity (Wildman–Crippen MR) is 116 cm³/mol. The maximum Gasteiger partial charge on any atom is 0.290 e. The first-order chi connectivity index (χ1) is 15.0. The van der Waals surface area contributed by atoms with Crippen LogP contribution in [0.15, 0.2) is 48.8 Å². The summed E-state index contributed by atoms with van der Waals surface area (Å²) in [5.74, 6) is 0.997. The number of carbonyl (C=O) groups is 3. The molecule has 2 aliphatic heterocycles. The quantitative estimate of drug-likeness (QED) is 0.764. The number of fused-ring (bicyclic) bond motifs is 1. The number of hydrogen-bond donors (Lipinski definition) is 1. The van der Waals surface area contributed by atoms with E-state index in [4.69, 9.17) is 9.90 Å². The highest BCUT2D eigenvalue weighted by molar-refractivity contribution is 5.77. The van der Waals surface area contributed by atoms with Crippen LogP contribution < -0.4 is 0 Å². The van der Waals surface area contributed by atoms with Crippen molar-refractivity contribution in [3.05, 3.63) is 65.5 Å². The fraction of sp³-hybridized carbons (Fsp3) is 0.417. The highest BCUT2D eigenvalue weighted by Crippen LogP contribution is 2.45. The van der Waals surface area contributed by atoms with Crippen molar-refractivity contribution < 1.29 is 19.5 Å². The highest BCUT2D eigenvalue weighted by atomic mass is 16.3. The molecule has 1 aromatic carbocycles. The highest BCUT2D eigenvalue weighted by Gasteiger charge is 2.49. The van der Waals surface area contributed by atoms with Crippen molar-refractivity contribution >= 4 is 18.3 Å². The van der Waals surface area contributed by atoms with E-state index in [1.165, 1.54) is 11.1 Å². The second-order valence-electron chi connectivity index (χ2n) is 8.16. The number of carbonyl (C=O) groups excluding carboxylic acids is 2. The number of carboxylic acid groups (broad SMARTS) is 1. The van der Waals surface area contributed by atoms with Crippen LogP contribution in [0.3, 0.4) is 0 Å². The predicted octanol–water partition coefficient (Wildman–Crippen LogP) is 2.70. The van der Waals surface area contributed by atoms with E-state index in [2.05, 4.69) is 24.0 Å². The van der Waals surface area contributed by atoms with Gasteiger partial charge in [-0.3, -0.25) is 19.4 Å². The van der Waals surface area contributed by atoms with Crippen LogP contribution in [0.5, 0.6) is 0 Å². The van der Waals surface area contributed by atoms with Gasteiger partial charge in [0.05, 0.1) is 6.04 Å². The largest absolute Gasteiger partial charge is 0.483 e. The van der Waals surface area contributed by atoms with Gasteiger partial charge in [0.2, 0.25) is 11.8 Å². The summed E-state index contributed by atoms with van der Waals surface area (Å²) >= 11 is 0. The summed E-state index contributed by atoms with van der Waals surface area (Å²) in [6.07, 6.45) is 4.81. The van der Waals surface area contributed by atoms with Gasteiger partial charge in [-0.1, -0.05) is 30.3 Å². The van der Waals surface area contributed by atoms with Gasteiger partial charge in [-0.15, -0.1) is 0 Å². The van der Waals surface area contributed by atoms with E-state index in [0.717, 1.165) is 31.6 Å². The molecular weight excluding hydrogens is 394 g/mol. The van der Waals surface area contributed by atoms with E-state index >= 15 is 0 Å². The smallest absolute Gasteiger partial charge is 0.290 e. The molecule has 3 atom stereocenters. The van der Waals surface area contributed by atoms with Crippen molar-refractivity contribution in [1.82, 2.24) is 14.8 Å². The zero-order valence-electron chi connectivity index (χ0n) is 18.0. The maximum atomic E-state index is 12.8. The topological polar surface area (TPSA) is 90.8 Å². The lowest BCUT2D eigenvalue weighted by molar-refractivity contribution is -0.132. The number of hydrogen-bond acceptors (Lipinski definition) is 4. The third kappa shape index (κ3) is 5.10. The van der Waals surface area contributed by atoms with Crippen molar-refractivity contribution in [2.24, 2.45) is 11.8 Å². The van der Waals surface area contributed by atoms with Gasteiger partial charge in [0.1, 0.15) is 0 Å². The summed E-state index contributed by atoms with van der Waals surface area (Å²) in [6, 6.07) is 12.3. The van der Waals surface area contributed by atoms with Gasteiger partial charge in [0.25, 0.3) is 6.47 Å². The summed E-state index contributed by atoms with van der Waals surface area (Å²) in [5, 5.41) is 6.89. The third-order valence-corrected chi connectivity index (χ3v) is 6.28. The molecule has 2 fully saturated rings. The Morgan fingerprint density at radius 1 is 1.16 bits per heavy atom. The van der Waals surface area contributed by atoms with Crippen LogP contribution >= 0.6 is 0 Å². The Balaban J connectivity index is 0.000000858. The normalized spacial score (nSPS) is 21.8. The molecule has 164 valence electrons. The lowest BCUT2D eigenvalue weighted by Gasteiger charge is -2.30.